The summed E-state index contributed by atoms with van der Waals surface area (Å²) in [6, 6.07) is 17.8. The number of anilines is 1. The van der Waals surface area contributed by atoms with Crippen LogP contribution in [0.3, 0.4) is 0 Å². The summed E-state index contributed by atoms with van der Waals surface area (Å²) in [6.45, 7) is 0. The van der Waals surface area contributed by atoms with Gasteiger partial charge < -0.3 is 14.5 Å². The number of ether oxygens (including phenoxy) is 1. The van der Waals surface area contributed by atoms with E-state index < -0.39 is 0 Å². The fourth-order valence-electron chi connectivity index (χ4n) is 2.87. The molecule has 0 unspecified atom stereocenters. The molecule has 7 heteroatoms. The zero-order chi connectivity index (χ0) is 21.1. The van der Waals surface area contributed by atoms with Gasteiger partial charge in [-0.2, -0.15) is 0 Å². The first-order valence-corrected chi connectivity index (χ1v) is 9.76. The number of carbonyl (C=O) groups is 1. The predicted molar refractivity (Wildman–Crippen MR) is 120 cm³/mol. The van der Waals surface area contributed by atoms with Gasteiger partial charge >= 0.3 is 0 Å². The van der Waals surface area contributed by atoms with Crippen LogP contribution < -0.4 is 10.1 Å². The maximum absolute atomic E-state index is 12.3. The number of nitrogens with one attached hydrogen (secondary N) is 1. The summed E-state index contributed by atoms with van der Waals surface area (Å²) in [5.41, 5.74) is 3.41. The summed E-state index contributed by atoms with van der Waals surface area (Å²) >= 11 is 12.0. The highest BCUT2D eigenvalue weighted by atomic mass is 35.5. The van der Waals surface area contributed by atoms with E-state index in [1.165, 1.54) is 6.08 Å². The van der Waals surface area contributed by atoms with Gasteiger partial charge in [0, 0.05) is 33.4 Å². The molecule has 5 nitrogen and oxygen atoms in total. The molecule has 0 saturated carbocycles. The molecule has 1 amide bonds. The Kier molecular flexibility index (Phi) is 5.74. The highest BCUT2D eigenvalue weighted by Crippen LogP contribution is 2.28. The molecule has 0 aliphatic rings. The van der Waals surface area contributed by atoms with Gasteiger partial charge in [0.05, 0.1) is 7.11 Å². The molecule has 1 aromatic heterocycles. The van der Waals surface area contributed by atoms with Gasteiger partial charge in [-0.05, 0) is 54.1 Å². The summed E-state index contributed by atoms with van der Waals surface area (Å²) in [6.07, 6.45) is 3.04. The van der Waals surface area contributed by atoms with Crippen LogP contribution in [0.25, 0.3) is 28.6 Å². The van der Waals surface area contributed by atoms with Crippen molar-refractivity contribution in [3.63, 3.8) is 0 Å². The lowest BCUT2D eigenvalue weighted by Gasteiger charge is -2.04. The second-order valence-corrected chi connectivity index (χ2v) is 7.27. The SMILES string of the molecule is COc1ccc2oc(-c3cccc(NC(=O)C=Cc4ccc(Cl)cc4Cl)c3)nc2c1. The number of carbonyl (C=O) groups excluding carboxylic acids is 1. The Morgan fingerprint density at radius 2 is 1.97 bits per heavy atom. The third-order valence-electron chi connectivity index (χ3n) is 4.35. The Morgan fingerprint density at radius 3 is 2.77 bits per heavy atom. The molecule has 0 bridgehead atoms. The van der Waals surface area contributed by atoms with Crippen molar-refractivity contribution in [2.45, 2.75) is 0 Å². The average Bonchev–Trinajstić information content (AvgIpc) is 3.16. The summed E-state index contributed by atoms with van der Waals surface area (Å²) in [7, 11) is 1.60. The normalized spacial score (nSPS) is 11.2. The number of halogens is 2. The first-order chi connectivity index (χ1) is 14.5. The standard InChI is InChI=1S/C23H16Cl2N2O3/c1-29-18-8-9-21-20(13-18)27-23(30-21)15-3-2-4-17(11-15)26-22(28)10-6-14-5-7-16(24)12-19(14)25/h2-13H,1H3,(H,26,28). The molecule has 30 heavy (non-hydrogen) atoms. The number of rotatable bonds is 5. The predicted octanol–water partition coefficient (Wildman–Crippen LogP) is 6.46. The largest absolute Gasteiger partial charge is 0.497 e. The number of methoxy groups -OCH3 is 1. The van der Waals surface area contributed by atoms with Crippen LogP contribution in [-0.4, -0.2) is 18.0 Å². The molecule has 0 fully saturated rings. The van der Waals surface area contributed by atoms with Crippen LogP contribution >= 0.6 is 23.2 Å². The third-order valence-corrected chi connectivity index (χ3v) is 4.91. The molecule has 0 radical (unpaired) electrons. The number of hydrogen-bond donors (Lipinski definition) is 1. The van der Waals surface area contributed by atoms with Crippen LogP contribution in [0.1, 0.15) is 5.56 Å². The third kappa shape index (κ3) is 4.48. The summed E-state index contributed by atoms with van der Waals surface area (Å²) < 4.78 is 11.0. The van der Waals surface area contributed by atoms with Crippen LogP contribution in [0, 0.1) is 0 Å². The Hall–Kier alpha value is -3.28. The van der Waals surface area contributed by atoms with Gasteiger partial charge in [-0.3, -0.25) is 4.79 Å². The van der Waals surface area contributed by atoms with Crippen molar-refractivity contribution in [2.24, 2.45) is 0 Å². The number of oxazole rings is 1. The molecule has 0 saturated heterocycles. The van der Waals surface area contributed by atoms with Crippen LogP contribution in [0.4, 0.5) is 5.69 Å². The van der Waals surface area contributed by atoms with E-state index in [1.807, 2.05) is 24.3 Å². The highest BCUT2D eigenvalue weighted by Gasteiger charge is 2.10. The summed E-state index contributed by atoms with van der Waals surface area (Å²) in [4.78, 5) is 16.8. The fourth-order valence-corrected chi connectivity index (χ4v) is 3.35. The molecule has 0 spiro atoms. The van der Waals surface area contributed by atoms with Crippen molar-refractivity contribution in [3.05, 3.63) is 82.3 Å². The number of amides is 1. The molecule has 1 N–H and O–H groups in total. The summed E-state index contributed by atoms with van der Waals surface area (Å²) in [5, 5.41) is 3.83. The molecule has 0 aliphatic carbocycles. The van der Waals surface area contributed by atoms with Crippen LogP contribution in [0.2, 0.25) is 10.0 Å². The van der Waals surface area contributed by atoms with E-state index in [4.69, 9.17) is 32.4 Å². The first kappa shape index (κ1) is 20.0. The minimum absolute atomic E-state index is 0.291. The second-order valence-electron chi connectivity index (χ2n) is 6.42. The van der Waals surface area contributed by atoms with Crippen molar-refractivity contribution in [3.8, 4) is 17.2 Å². The van der Waals surface area contributed by atoms with Crippen molar-refractivity contribution in [1.29, 1.82) is 0 Å². The maximum Gasteiger partial charge on any atom is 0.248 e. The Labute approximate surface area is 182 Å². The van der Waals surface area contributed by atoms with Gasteiger partial charge in [0.25, 0.3) is 0 Å². The topological polar surface area (TPSA) is 64.4 Å². The Morgan fingerprint density at radius 1 is 1.10 bits per heavy atom. The van der Waals surface area contributed by atoms with E-state index in [9.17, 15) is 4.79 Å². The number of aromatic nitrogens is 1. The van der Waals surface area contributed by atoms with E-state index in [2.05, 4.69) is 10.3 Å². The van der Waals surface area contributed by atoms with Crippen LogP contribution in [0.5, 0.6) is 5.75 Å². The van der Waals surface area contributed by atoms with Gasteiger partial charge in [0.2, 0.25) is 11.8 Å². The van der Waals surface area contributed by atoms with Gasteiger partial charge in [-0.1, -0.05) is 35.3 Å². The molecular weight excluding hydrogens is 423 g/mol. The van der Waals surface area contributed by atoms with Crippen LogP contribution in [-0.2, 0) is 4.79 Å². The van der Waals surface area contributed by atoms with E-state index in [0.717, 1.165) is 5.56 Å². The minimum Gasteiger partial charge on any atom is -0.497 e. The summed E-state index contributed by atoms with van der Waals surface area (Å²) in [5.74, 6) is 0.870. The molecule has 0 atom stereocenters. The number of benzene rings is 3. The lowest BCUT2D eigenvalue weighted by molar-refractivity contribution is -0.111. The highest BCUT2D eigenvalue weighted by molar-refractivity contribution is 6.35. The zero-order valence-corrected chi connectivity index (χ0v) is 17.4. The van der Waals surface area contributed by atoms with E-state index in [-0.39, 0.29) is 5.91 Å². The lowest BCUT2D eigenvalue weighted by Crippen LogP contribution is -2.07. The second kappa shape index (κ2) is 8.61. The number of fused-ring (bicyclic) bond motifs is 1. The average molecular weight is 439 g/mol. The molecular formula is C23H16Cl2N2O3. The maximum atomic E-state index is 12.3. The molecule has 0 aliphatic heterocycles. The van der Waals surface area contributed by atoms with Gasteiger partial charge in [0.15, 0.2) is 5.58 Å². The van der Waals surface area contributed by atoms with Crippen molar-refractivity contribution in [1.82, 2.24) is 4.98 Å². The molecule has 1 heterocycles. The van der Waals surface area contributed by atoms with E-state index >= 15 is 0 Å². The lowest BCUT2D eigenvalue weighted by atomic mass is 10.2. The first-order valence-electron chi connectivity index (χ1n) is 9.01. The molecule has 3 aromatic carbocycles. The van der Waals surface area contributed by atoms with Crippen molar-refractivity contribution >= 4 is 52.0 Å². The number of hydrogen-bond acceptors (Lipinski definition) is 4. The zero-order valence-electron chi connectivity index (χ0n) is 15.9. The number of nitrogens with zero attached hydrogens (tertiary/aromatic N) is 1. The molecule has 4 aromatic rings. The van der Waals surface area contributed by atoms with Crippen molar-refractivity contribution in [2.75, 3.05) is 12.4 Å². The Balaban J connectivity index is 1.52. The molecule has 150 valence electrons. The van der Waals surface area contributed by atoms with Crippen LogP contribution in [0.15, 0.2) is 71.2 Å². The molecule has 4 rings (SSSR count). The minimum atomic E-state index is -0.291. The fraction of sp³-hybridized carbons (Fsp3) is 0.0435. The Bertz CT molecular complexity index is 1260. The smallest absolute Gasteiger partial charge is 0.248 e. The van der Waals surface area contributed by atoms with Gasteiger partial charge in [-0.25, -0.2) is 4.98 Å². The van der Waals surface area contributed by atoms with Crippen molar-refractivity contribution < 1.29 is 13.9 Å². The van der Waals surface area contributed by atoms with Gasteiger partial charge in [0.1, 0.15) is 11.3 Å². The quantitative estimate of drug-likeness (QED) is 0.363. The van der Waals surface area contributed by atoms with E-state index in [0.29, 0.717) is 44.0 Å². The van der Waals surface area contributed by atoms with Gasteiger partial charge in [-0.15, -0.1) is 0 Å². The monoisotopic (exact) mass is 438 g/mol. The van der Waals surface area contributed by atoms with E-state index in [1.54, 1.807) is 49.6 Å².